The summed E-state index contributed by atoms with van der Waals surface area (Å²) in [6, 6.07) is 14.9. The second-order valence-corrected chi connectivity index (χ2v) is 8.42. The summed E-state index contributed by atoms with van der Waals surface area (Å²) in [6.07, 6.45) is 4.61. The van der Waals surface area contributed by atoms with E-state index in [1.54, 1.807) is 12.1 Å². The fourth-order valence-corrected chi connectivity index (χ4v) is 4.39. The summed E-state index contributed by atoms with van der Waals surface area (Å²) in [5, 5.41) is 8.01. The Bertz CT molecular complexity index is 1030. The van der Waals surface area contributed by atoms with E-state index in [9.17, 15) is 8.42 Å². The normalized spacial score (nSPS) is 14.1. The first-order chi connectivity index (χ1) is 13.1. The zero-order valence-corrected chi connectivity index (χ0v) is 15.7. The van der Waals surface area contributed by atoms with Crippen LogP contribution in [0.3, 0.4) is 0 Å². The zero-order valence-electron chi connectivity index (χ0n) is 14.9. The minimum atomic E-state index is -3.55. The van der Waals surface area contributed by atoms with Crippen molar-refractivity contribution in [3.63, 3.8) is 0 Å². The Kier molecular flexibility index (Phi) is 5.05. The standard InChI is InChI=1S/C20H21N3O3S/c24-27(25,18-11-10-15-6-4-5-9-17(15)14-18)21-13-12-19-22-23-20(26-19)16-7-2-1-3-8-16/h1-3,7-8,10-11,14,21H,4-6,9,12-13H2. The van der Waals surface area contributed by atoms with E-state index < -0.39 is 10.0 Å². The van der Waals surface area contributed by atoms with Crippen molar-refractivity contribution in [2.45, 2.75) is 37.0 Å². The first kappa shape index (κ1) is 17.9. The minimum Gasteiger partial charge on any atom is -0.421 e. The van der Waals surface area contributed by atoms with Crippen LogP contribution >= 0.6 is 0 Å². The third-order valence-electron chi connectivity index (χ3n) is 4.75. The fourth-order valence-electron chi connectivity index (χ4n) is 3.30. The predicted molar refractivity (Wildman–Crippen MR) is 102 cm³/mol. The number of nitrogens with one attached hydrogen (secondary N) is 1. The first-order valence-corrected chi connectivity index (χ1v) is 10.6. The number of fused-ring (bicyclic) bond motifs is 1. The molecule has 0 aliphatic heterocycles. The minimum absolute atomic E-state index is 0.204. The molecule has 1 N–H and O–H groups in total. The van der Waals surface area contributed by atoms with Crippen LogP contribution in [0.15, 0.2) is 57.8 Å². The molecule has 7 heteroatoms. The third kappa shape index (κ3) is 4.09. The Morgan fingerprint density at radius 3 is 2.56 bits per heavy atom. The van der Waals surface area contributed by atoms with Crippen LogP contribution < -0.4 is 4.72 Å². The van der Waals surface area contributed by atoms with Crippen molar-refractivity contribution < 1.29 is 12.8 Å². The van der Waals surface area contributed by atoms with Crippen molar-refractivity contribution in [3.05, 3.63) is 65.5 Å². The maximum atomic E-state index is 12.6. The summed E-state index contributed by atoms with van der Waals surface area (Å²) in [7, 11) is -3.55. The molecule has 140 valence electrons. The molecule has 0 amide bonds. The van der Waals surface area contributed by atoms with Gasteiger partial charge >= 0.3 is 0 Å². The fraction of sp³-hybridized carbons (Fsp3) is 0.300. The molecule has 1 aromatic heterocycles. The number of sulfonamides is 1. The van der Waals surface area contributed by atoms with E-state index >= 15 is 0 Å². The molecule has 0 saturated carbocycles. The van der Waals surface area contributed by atoms with Gasteiger partial charge in [0, 0.05) is 18.5 Å². The molecule has 1 aliphatic rings. The summed E-state index contributed by atoms with van der Waals surface area (Å²) in [5.41, 5.74) is 3.25. The number of rotatable bonds is 6. The van der Waals surface area contributed by atoms with Crippen LogP contribution in [0.4, 0.5) is 0 Å². The van der Waals surface area contributed by atoms with E-state index in [-0.39, 0.29) is 6.54 Å². The second-order valence-electron chi connectivity index (χ2n) is 6.65. The lowest BCUT2D eigenvalue weighted by atomic mass is 9.92. The average Bonchev–Trinajstić information content (AvgIpc) is 3.17. The number of aryl methyl sites for hydroxylation is 2. The molecule has 0 radical (unpaired) electrons. The maximum absolute atomic E-state index is 12.6. The summed E-state index contributed by atoms with van der Waals surface area (Å²) in [6.45, 7) is 0.204. The number of benzene rings is 2. The number of hydrogen-bond acceptors (Lipinski definition) is 5. The topological polar surface area (TPSA) is 85.1 Å². The van der Waals surface area contributed by atoms with Gasteiger partial charge in [-0.15, -0.1) is 10.2 Å². The molecule has 0 atom stereocenters. The highest BCUT2D eigenvalue weighted by Gasteiger charge is 2.18. The molecule has 0 saturated heterocycles. The van der Waals surface area contributed by atoms with Crippen molar-refractivity contribution >= 4 is 10.0 Å². The van der Waals surface area contributed by atoms with Gasteiger partial charge in [-0.05, 0) is 61.1 Å². The lowest BCUT2D eigenvalue weighted by Gasteiger charge is -2.16. The predicted octanol–water partition coefficient (Wildman–Crippen LogP) is 3.14. The second kappa shape index (κ2) is 7.62. The first-order valence-electron chi connectivity index (χ1n) is 9.11. The van der Waals surface area contributed by atoms with Crippen LogP contribution in [0.2, 0.25) is 0 Å². The van der Waals surface area contributed by atoms with Crippen molar-refractivity contribution in [1.29, 1.82) is 0 Å². The van der Waals surface area contributed by atoms with Crippen molar-refractivity contribution in [3.8, 4) is 11.5 Å². The molecule has 4 rings (SSSR count). The smallest absolute Gasteiger partial charge is 0.247 e. The van der Waals surface area contributed by atoms with Gasteiger partial charge < -0.3 is 4.42 Å². The van der Waals surface area contributed by atoms with Crippen molar-refractivity contribution in [1.82, 2.24) is 14.9 Å². The van der Waals surface area contributed by atoms with E-state index in [2.05, 4.69) is 14.9 Å². The van der Waals surface area contributed by atoms with Crippen LogP contribution in [0.5, 0.6) is 0 Å². The number of hydrogen-bond donors (Lipinski definition) is 1. The molecule has 2 aromatic carbocycles. The van der Waals surface area contributed by atoms with Crippen molar-refractivity contribution in [2.75, 3.05) is 6.54 Å². The Morgan fingerprint density at radius 1 is 0.963 bits per heavy atom. The van der Waals surface area contributed by atoms with Gasteiger partial charge in [0.05, 0.1) is 4.90 Å². The quantitative estimate of drug-likeness (QED) is 0.707. The highest BCUT2D eigenvalue weighted by molar-refractivity contribution is 7.89. The Labute approximate surface area is 158 Å². The summed E-state index contributed by atoms with van der Waals surface area (Å²) in [4.78, 5) is 0.318. The average molecular weight is 383 g/mol. The molecule has 0 bridgehead atoms. The van der Waals surface area contributed by atoms with Crippen molar-refractivity contribution in [2.24, 2.45) is 0 Å². The van der Waals surface area contributed by atoms with Crippen LogP contribution in [-0.4, -0.2) is 25.2 Å². The molecule has 0 unspecified atom stereocenters. The van der Waals surface area contributed by atoms with Gasteiger partial charge in [0.1, 0.15) is 0 Å². The molecule has 27 heavy (non-hydrogen) atoms. The SMILES string of the molecule is O=S(=O)(NCCc1nnc(-c2ccccc2)o1)c1ccc2c(c1)CCCC2. The van der Waals surface area contributed by atoms with E-state index in [0.29, 0.717) is 23.1 Å². The Balaban J connectivity index is 1.39. The van der Waals surface area contributed by atoms with Gasteiger partial charge in [0.2, 0.25) is 21.8 Å². The van der Waals surface area contributed by atoms with E-state index in [1.807, 2.05) is 36.4 Å². The lowest BCUT2D eigenvalue weighted by Crippen LogP contribution is -2.26. The van der Waals surface area contributed by atoms with Crippen LogP contribution in [0, 0.1) is 0 Å². The van der Waals surface area contributed by atoms with E-state index in [1.165, 1.54) is 12.0 Å². The van der Waals surface area contributed by atoms with Crippen LogP contribution in [0.1, 0.15) is 29.9 Å². The van der Waals surface area contributed by atoms with Gasteiger partial charge in [-0.3, -0.25) is 0 Å². The summed E-state index contributed by atoms with van der Waals surface area (Å²) < 4.78 is 33.3. The van der Waals surface area contributed by atoms with Crippen LogP contribution in [-0.2, 0) is 29.3 Å². The number of aromatic nitrogens is 2. The third-order valence-corrected chi connectivity index (χ3v) is 6.21. The van der Waals surface area contributed by atoms with E-state index in [0.717, 1.165) is 30.4 Å². The van der Waals surface area contributed by atoms with Gasteiger partial charge in [-0.25, -0.2) is 13.1 Å². The van der Waals surface area contributed by atoms with Gasteiger partial charge in [-0.2, -0.15) is 0 Å². The highest BCUT2D eigenvalue weighted by Crippen LogP contribution is 2.24. The molecule has 3 aromatic rings. The van der Waals surface area contributed by atoms with Gasteiger partial charge in [0.25, 0.3) is 0 Å². The van der Waals surface area contributed by atoms with E-state index in [4.69, 9.17) is 4.42 Å². The molecule has 1 heterocycles. The molecule has 1 aliphatic carbocycles. The van der Waals surface area contributed by atoms with Crippen LogP contribution in [0.25, 0.3) is 11.5 Å². The molecule has 0 spiro atoms. The highest BCUT2D eigenvalue weighted by atomic mass is 32.2. The molecule has 6 nitrogen and oxygen atoms in total. The molecular weight excluding hydrogens is 362 g/mol. The monoisotopic (exact) mass is 383 g/mol. The summed E-state index contributed by atoms with van der Waals surface area (Å²) >= 11 is 0. The number of nitrogens with zero attached hydrogens (tertiary/aromatic N) is 2. The lowest BCUT2D eigenvalue weighted by molar-refractivity contribution is 0.502. The molecule has 0 fully saturated rings. The summed E-state index contributed by atoms with van der Waals surface area (Å²) in [5.74, 6) is 0.838. The molecular formula is C20H21N3O3S. The van der Waals surface area contributed by atoms with Gasteiger partial charge in [-0.1, -0.05) is 24.3 Å². The zero-order chi connectivity index (χ0) is 18.7. The Morgan fingerprint density at radius 2 is 1.74 bits per heavy atom. The Hall–Kier alpha value is -2.51. The maximum Gasteiger partial charge on any atom is 0.247 e. The van der Waals surface area contributed by atoms with Gasteiger partial charge in [0.15, 0.2) is 0 Å². The largest absolute Gasteiger partial charge is 0.421 e.